The third kappa shape index (κ3) is 9.60. The number of carbonyl (C=O) groups excluding carboxylic acids is 4. The summed E-state index contributed by atoms with van der Waals surface area (Å²) in [5.74, 6) is 0.354. The SMILES string of the molecule is COC(=O)N[C@H](C(=O)N1CCC[C@H]1c1ncc(-c2cc(F)c3c(c2)OC(c2ccc(CC(C)(C)OC)s2)n2c-3cc3cc(-c4cnc([C@@H]5CCCN5C(=O)[C@@H](NC(=O)OC)C(C)C)[nH]4)ccc32)[nH]1)C(C)C. The van der Waals surface area contributed by atoms with Gasteiger partial charge in [-0.25, -0.2) is 23.9 Å². The van der Waals surface area contributed by atoms with Crippen molar-refractivity contribution in [3.05, 3.63) is 88.1 Å². The molecule has 0 radical (unpaired) electrons. The van der Waals surface area contributed by atoms with Gasteiger partial charge in [-0.1, -0.05) is 33.8 Å². The molecule has 0 saturated carbocycles. The maximum atomic E-state index is 17.0. The van der Waals surface area contributed by atoms with Crippen LogP contribution in [0.25, 0.3) is 44.7 Å². The van der Waals surface area contributed by atoms with Gasteiger partial charge in [0.15, 0.2) is 0 Å². The molecule has 19 heteroatoms. The molecule has 0 aliphatic carbocycles. The summed E-state index contributed by atoms with van der Waals surface area (Å²) in [6.45, 7) is 12.6. The van der Waals surface area contributed by atoms with Crippen LogP contribution in [-0.4, -0.2) is 110 Å². The van der Waals surface area contributed by atoms with Gasteiger partial charge >= 0.3 is 12.2 Å². The Labute approximate surface area is 415 Å². The number of aromatic amines is 2. The number of likely N-dealkylation sites (tertiary alicyclic amines) is 2. The highest BCUT2D eigenvalue weighted by atomic mass is 32.1. The zero-order valence-corrected chi connectivity index (χ0v) is 42.4. The molecule has 1 unspecified atom stereocenters. The van der Waals surface area contributed by atoms with Gasteiger partial charge in [0.25, 0.3) is 0 Å². The number of methoxy groups -OCH3 is 3. The maximum absolute atomic E-state index is 17.0. The van der Waals surface area contributed by atoms with E-state index in [1.807, 2.05) is 71.9 Å². The highest BCUT2D eigenvalue weighted by Gasteiger charge is 2.40. The summed E-state index contributed by atoms with van der Waals surface area (Å²) in [7, 11) is 4.25. The van der Waals surface area contributed by atoms with Crippen molar-refractivity contribution in [2.75, 3.05) is 34.4 Å². The zero-order chi connectivity index (χ0) is 50.5. The van der Waals surface area contributed by atoms with Crippen molar-refractivity contribution in [3.8, 4) is 39.5 Å². The topological polar surface area (TPSA) is 198 Å². The lowest BCUT2D eigenvalue weighted by atomic mass is 10.0. The first-order valence-electron chi connectivity index (χ1n) is 24.2. The smallest absolute Gasteiger partial charge is 0.407 e. The number of alkyl carbamates (subject to hydrolysis) is 2. The van der Waals surface area contributed by atoms with E-state index in [0.29, 0.717) is 72.3 Å². The van der Waals surface area contributed by atoms with E-state index >= 15 is 4.39 Å². The second kappa shape index (κ2) is 19.8. The molecule has 376 valence electrons. The number of thiophene rings is 1. The highest BCUT2D eigenvalue weighted by Crippen LogP contribution is 2.48. The van der Waals surface area contributed by atoms with Gasteiger partial charge in [0.05, 0.1) is 77.3 Å². The lowest BCUT2D eigenvalue weighted by molar-refractivity contribution is -0.136. The molecule has 3 aliphatic rings. The number of amides is 4. The number of nitrogens with one attached hydrogen (secondary N) is 4. The van der Waals surface area contributed by atoms with Crippen molar-refractivity contribution in [2.45, 2.75) is 110 Å². The first-order valence-corrected chi connectivity index (χ1v) is 25.0. The molecular weight excluding hydrogens is 930 g/mol. The van der Waals surface area contributed by atoms with Gasteiger partial charge in [-0.05, 0) is 93.8 Å². The standard InChI is InChI=1S/C52H62FN9O8S/c1-27(2)43(58-50(65)67-7)47(63)60-18-10-12-37(60)45-54-25-34(56-45)29-14-16-36-31(20-29)22-39-42-33(53)21-30(23-40(42)70-49(62(36)39)41-17-15-32(71-41)24-52(5,6)69-9)35-26-55-46(57-35)38-13-11-19-61(38)48(64)44(28(3)4)59-51(66)68-8/h14-17,20-23,25-28,37-38,43-44,49H,10-13,18-19,24H2,1-9H3,(H,54,56)(H,55,57)(H,58,65)(H,59,66)/t37-,38-,43-,44-,49?/m0/s1. The minimum atomic E-state index is -0.779. The Bertz CT molecular complexity index is 2970. The lowest BCUT2D eigenvalue weighted by Crippen LogP contribution is -2.51. The Morgan fingerprint density at radius 3 is 1.93 bits per heavy atom. The monoisotopic (exact) mass is 991 g/mol. The number of H-pyrrole nitrogens is 2. The number of carbonyl (C=O) groups is 4. The Hall–Kier alpha value is -6.73. The molecule has 71 heavy (non-hydrogen) atoms. The van der Waals surface area contributed by atoms with Crippen LogP contribution in [0.4, 0.5) is 14.0 Å². The Morgan fingerprint density at radius 1 is 0.803 bits per heavy atom. The van der Waals surface area contributed by atoms with Crippen molar-refractivity contribution in [1.82, 2.24) is 44.9 Å². The Balaban J connectivity index is 1.05. The predicted octanol–water partition coefficient (Wildman–Crippen LogP) is 9.28. The minimum absolute atomic E-state index is 0.159. The second-order valence-electron chi connectivity index (χ2n) is 19.9. The minimum Gasteiger partial charge on any atom is -0.464 e. The van der Waals surface area contributed by atoms with Crippen molar-refractivity contribution >= 4 is 46.2 Å². The average molecular weight is 992 g/mol. The third-order valence-corrected chi connectivity index (χ3v) is 15.1. The van der Waals surface area contributed by atoms with Gasteiger partial charge in [-0.15, -0.1) is 11.3 Å². The number of halogens is 1. The van der Waals surface area contributed by atoms with E-state index < -0.39 is 36.3 Å². The fourth-order valence-corrected chi connectivity index (χ4v) is 11.3. The van der Waals surface area contributed by atoms with Gasteiger partial charge in [0.1, 0.15) is 35.3 Å². The number of aromatic nitrogens is 5. The van der Waals surface area contributed by atoms with Gasteiger partial charge in [0.2, 0.25) is 18.0 Å². The summed E-state index contributed by atoms with van der Waals surface area (Å²) in [6.07, 6.45) is 5.06. The summed E-state index contributed by atoms with van der Waals surface area (Å²) in [5.41, 5.74) is 4.13. The van der Waals surface area contributed by atoms with E-state index in [4.69, 9.17) is 28.9 Å². The molecule has 6 aromatic rings. The molecule has 4 amide bonds. The number of ether oxygens (including phenoxy) is 4. The summed E-state index contributed by atoms with van der Waals surface area (Å²) in [4.78, 5) is 73.9. The molecule has 4 N–H and O–H groups in total. The molecule has 4 aromatic heterocycles. The summed E-state index contributed by atoms with van der Waals surface area (Å²) >= 11 is 1.62. The van der Waals surface area contributed by atoms with E-state index in [1.54, 1.807) is 40.6 Å². The fraction of sp³-hybridized carbons (Fsp3) is 0.462. The molecule has 9 rings (SSSR count). The fourth-order valence-electron chi connectivity index (χ4n) is 10.1. The molecule has 17 nitrogen and oxygen atoms in total. The first-order chi connectivity index (χ1) is 34.0. The number of hydrogen-bond donors (Lipinski definition) is 4. The van der Waals surface area contributed by atoms with Crippen molar-refractivity contribution in [2.24, 2.45) is 11.8 Å². The molecule has 0 spiro atoms. The third-order valence-electron chi connectivity index (χ3n) is 14.0. The van der Waals surface area contributed by atoms with Gasteiger partial charge < -0.3 is 49.3 Å². The maximum Gasteiger partial charge on any atom is 0.407 e. The summed E-state index contributed by atoms with van der Waals surface area (Å²) in [5, 5.41) is 6.25. The van der Waals surface area contributed by atoms with Crippen molar-refractivity contribution in [3.63, 3.8) is 0 Å². The number of hydrogen-bond acceptors (Lipinski definition) is 11. The molecule has 7 heterocycles. The Kier molecular flexibility index (Phi) is 13.7. The molecule has 5 atom stereocenters. The van der Waals surface area contributed by atoms with Crippen LogP contribution < -0.4 is 15.4 Å². The van der Waals surface area contributed by atoms with Crippen molar-refractivity contribution in [1.29, 1.82) is 0 Å². The summed E-state index contributed by atoms with van der Waals surface area (Å²) < 4.78 is 41.4. The van der Waals surface area contributed by atoms with E-state index in [-0.39, 0.29) is 41.3 Å². The van der Waals surface area contributed by atoms with Crippen molar-refractivity contribution < 1.29 is 42.5 Å². The van der Waals surface area contributed by atoms with Crippen LogP contribution in [0.15, 0.2) is 60.9 Å². The first kappa shape index (κ1) is 49.3. The normalized spacial score (nSPS) is 18.6. The number of nitrogens with zero attached hydrogens (tertiary/aromatic N) is 5. The van der Waals surface area contributed by atoms with E-state index in [9.17, 15) is 19.2 Å². The Morgan fingerprint density at radius 2 is 1.38 bits per heavy atom. The lowest BCUT2D eigenvalue weighted by Gasteiger charge is -2.30. The van der Waals surface area contributed by atoms with Crippen LogP contribution in [0.1, 0.15) is 107 Å². The van der Waals surface area contributed by atoms with E-state index in [0.717, 1.165) is 44.8 Å². The van der Waals surface area contributed by atoms with Gasteiger partial charge in [-0.2, -0.15) is 0 Å². The van der Waals surface area contributed by atoms with Crippen LogP contribution >= 0.6 is 11.3 Å². The molecule has 2 fully saturated rings. The number of fused-ring (bicyclic) bond motifs is 5. The second-order valence-corrected chi connectivity index (χ2v) is 21.1. The molecule has 0 bridgehead atoms. The highest BCUT2D eigenvalue weighted by molar-refractivity contribution is 7.12. The molecular formula is C52H62FN9O8S. The average Bonchev–Trinajstić information content (AvgIpc) is 4.21. The molecule has 2 saturated heterocycles. The largest absolute Gasteiger partial charge is 0.464 e. The summed E-state index contributed by atoms with van der Waals surface area (Å²) in [6, 6.07) is 13.3. The molecule has 3 aliphatic heterocycles. The predicted molar refractivity (Wildman–Crippen MR) is 266 cm³/mol. The van der Waals surface area contributed by atoms with E-state index in [2.05, 4.69) is 37.3 Å². The van der Waals surface area contributed by atoms with Crippen LogP contribution in [0.5, 0.6) is 5.75 Å². The number of imidazole rings is 2. The van der Waals surface area contributed by atoms with Gasteiger partial charge in [0, 0.05) is 48.0 Å². The van der Waals surface area contributed by atoms with Crippen LogP contribution in [0.2, 0.25) is 0 Å². The quantitative estimate of drug-likeness (QED) is 0.0816. The van der Waals surface area contributed by atoms with Crippen LogP contribution in [0, 0.1) is 17.7 Å². The van der Waals surface area contributed by atoms with Crippen LogP contribution in [-0.2, 0) is 30.2 Å². The van der Waals surface area contributed by atoms with E-state index in [1.165, 1.54) is 20.3 Å². The van der Waals surface area contributed by atoms with Gasteiger partial charge in [-0.3, -0.25) is 14.2 Å². The number of benzene rings is 2. The number of rotatable bonds is 14. The zero-order valence-electron chi connectivity index (χ0n) is 41.6. The van der Waals surface area contributed by atoms with Crippen LogP contribution in [0.3, 0.4) is 0 Å². The molecule has 2 aromatic carbocycles.